The summed E-state index contributed by atoms with van der Waals surface area (Å²) in [7, 11) is -1.19. The molecular weight excluding hydrogens is 136 g/mol. The topological polar surface area (TPSA) is 55.5 Å². The van der Waals surface area contributed by atoms with Crippen molar-refractivity contribution in [1.29, 1.82) is 0 Å². The average molecular weight is 144 g/mol. The Kier molecular flexibility index (Phi) is 1.40. The Morgan fingerprint density at radius 3 is 2.22 bits per heavy atom. The molecule has 1 rings (SSSR count). The summed E-state index contributed by atoms with van der Waals surface area (Å²) in [5.41, 5.74) is 6.21. The Balaban J connectivity index is 3.11. The summed E-state index contributed by atoms with van der Waals surface area (Å²) in [6, 6.07) is 0. The van der Waals surface area contributed by atoms with Crippen LogP contribution in [0.15, 0.2) is 14.9 Å². The first-order valence-corrected chi connectivity index (χ1v) is 3.67. The molecule has 1 aliphatic rings. The highest BCUT2D eigenvalue weighted by Gasteiger charge is 2.15. The molecule has 0 fully saturated rings. The molecule has 0 saturated heterocycles. The normalized spacial score (nSPS) is 26.9. The average Bonchev–Trinajstić information content (AvgIpc) is 1.98. The van der Waals surface area contributed by atoms with Crippen molar-refractivity contribution in [2.24, 2.45) is 10.1 Å². The molecule has 1 aliphatic heterocycles. The highest BCUT2D eigenvalue weighted by molar-refractivity contribution is 7.88. The van der Waals surface area contributed by atoms with Crippen molar-refractivity contribution in [2.75, 3.05) is 0 Å². The van der Waals surface area contributed by atoms with Gasteiger partial charge in [0.15, 0.2) is 11.0 Å². The van der Waals surface area contributed by atoms with Crippen LogP contribution in [-0.2, 0) is 11.0 Å². The molecule has 0 aromatic heterocycles. The fraction of sp³-hybridized carbons (Fsp3) is 0.400. The zero-order chi connectivity index (χ0) is 7.02. The Bertz CT molecular complexity index is 229. The molecule has 0 amide bonds. The van der Waals surface area contributed by atoms with Gasteiger partial charge in [-0.2, -0.15) is 4.40 Å². The lowest BCUT2D eigenvalue weighted by Gasteiger charge is -1.88. The SMILES string of the molecule is CC1=C(C)S(=O)N=C1N. The fourth-order valence-electron chi connectivity index (χ4n) is 0.538. The summed E-state index contributed by atoms with van der Waals surface area (Å²) in [6.45, 7) is 3.59. The molecule has 0 saturated carbocycles. The minimum absolute atomic E-state index is 0.408. The van der Waals surface area contributed by atoms with Gasteiger partial charge < -0.3 is 5.73 Å². The van der Waals surface area contributed by atoms with Gasteiger partial charge in [-0.3, -0.25) is 0 Å². The molecule has 50 valence electrons. The third-order valence-corrected chi connectivity index (χ3v) is 2.55. The van der Waals surface area contributed by atoms with E-state index < -0.39 is 11.0 Å². The van der Waals surface area contributed by atoms with Gasteiger partial charge in [0, 0.05) is 10.5 Å². The second-order valence-corrected chi connectivity index (χ2v) is 3.20. The molecule has 3 nitrogen and oxygen atoms in total. The maximum absolute atomic E-state index is 10.8. The number of nitrogens with zero attached hydrogens (tertiary/aromatic N) is 1. The Hall–Kier alpha value is -0.640. The van der Waals surface area contributed by atoms with E-state index in [0.717, 1.165) is 10.5 Å². The Morgan fingerprint density at radius 1 is 1.56 bits per heavy atom. The molecule has 0 radical (unpaired) electrons. The van der Waals surface area contributed by atoms with Crippen LogP contribution in [0.1, 0.15) is 13.8 Å². The van der Waals surface area contributed by atoms with Crippen LogP contribution in [0, 0.1) is 0 Å². The largest absolute Gasteiger partial charge is 0.383 e. The fourth-order valence-corrected chi connectivity index (χ4v) is 1.36. The molecule has 2 N–H and O–H groups in total. The van der Waals surface area contributed by atoms with Crippen molar-refractivity contribution in [3.05, 3.63) is 10.5 Å². The smallest absolute Gasteiger partial charge is 0.170 e. The molecule has 9 heavy (non-hydrogen) atoms. The highest BCUT2D eigenvalue weighted by Crippen LogP contribution is 2.16. The zero-order valence-electron chi connectivity index (χ0n) is 5.34. The maximum Gasteiger partial charge on any atom is 0.170 e. The van der Waals surface area contributed by atoms with E-state index in [9.17, 15) is 4.21 Å². The summed E-state index contributed by atoms with van der Waals surface area (Å²) in [6.07, 6.45) is 0. The molecule has 0 bridgehead atoms. The van der Waals surface area contributed by atoms with Gasteiger partial charge in [-0.1, -0.05) is 0 Å². The zero-order valence-corrected chi connectivity index (χ0v) is 6.16. The maximum atomic E-state index is 10.8. The van der Waals surface area contributed by atoms with Gasteiger partial charge in [-0.05, 0) is 13.8 Å². The van der Waals surface area contributed by atoms with Crippen LogP contribution in [0.25, 0.3) is 0 Å². The second-order valence-electron chi connectivity index (χ2n) is 1.91. The first kappa shape index (κ1) is 6.48. The van der Waals surface area contributed by atoms with Crippen LogP contribution in [0.2, 0.25) is 0 Å². The van der Waals surface area contributed by atoms with E-state index >= 15 is 0 Å². The predicted octanol–water partition coefficient (Wildman–Crippen LogP) is 0.315. The monoisotopic (exact) mass is 144 g/mol. The van der Waals surface area contributed by atoms with E-state index in [4.69, 9.17) is 5.73 Å². The number of amidine groups is 1. The molecular formula is C5H8N2OS. The summed E-state index contributed by atoms with van der Waals surface area (Å²) in [4.78, 5) is 0.771. The Labute approximate surface area is 56.2 Å². The predicted molar refractivity (Wildman–Crippen MR) is 38.1 cm³/mol. The van der Waals surface area contributed by atoms with Crippen LogP contribution < -0.4 is 5.73 Å². The van der Waals surface area contributed by atoms with Crippen LogP contribution in [0.5, 0.6) is 0 Å². The number of allylic oxidation sites excluding steroid dienone is 1. The van der Waals surface area contributed by atoms with Gasteiger partial charge in [0.2, 0.25) is 0 Å². The van der Waals surface area contributed by atoms with Crippen molar-refractivity contribution in [3.8, 4) is 0 Å². The van der Waals surface area contributed by atoms with Crippen LogP contribution in [0.3, 0.4) is 0 Å². The first-order valence-electron chi connectivity index (χ1n) is 2.57. The number of rotatable bonds is 0. The summed E-state index contributed by atoms with van der Waals surface area (Å²) in [5, 5.41) is 0. The second kappa shape index (κ2) is 1.95. The molecule has 0 aromatic carbocycles. The van der Waals surface area contributed by atoms with Gasteiger partial charge >= 0.3 is 0 Å². The van der Waals surface area contributed by atoms with Crippen molar-refractivity contribution < 1.29 is 4.21 Å². The third-order valence-electron chi connectivity index (χ3n) is 1.36. The van der Waals surface area contributed by atoms with Crippen molar-refractivity contribution in [3.63, 3.8) is 0 Å². The van der Waals surface area contributed by atoms with E-state index in [1.165, 1.54) is 0 Å². The molecule has 0 aromatic rings. The van der Waals surface area contributed by atoms with Gasteiger partial charge in [0.1, 0.15) is 5.84 Å². The van der Waals surface area contributed by atoms with E-state index in [-0.39, 0.29) is 0 Å². The van der Waals surface area contributed by atoms with Gasteiger partial charge in [0.25, 0.3) is 0 Å². The third kappa shape index (κ3) is 0.896. The van der Waals surface area contributed by atoms with E-state index in [0.29, 0.717) is 5.84 Å². The number of hydrogen-bond acceptors (Lipinski definition) is 2. The van der Waals surface area contributed by atoms with Gasteiger partial charge in [-0.25, -0.2) is 4.21 Å². The van der Waals surface area contributed by atoms with Crippen LogP contribution in [-0.4, -0.2) is 10.0 Å². The molecule has 1 unspecified atom stereocenters. The minimum Gasteiger partial charge on any atom is -0.383 e. The van der Waals surface area contributed by atoms with Crippen molar-refractivity contribution >= 4 is 16.8 Å². The van der Waals surface area contributed by atoms with Gasteiger partial charge in [-0.15, -0.1) is 0 Å². The standard InChI is InChI=1S/C5H8N2OS/c1-3-4(2)9(8)7-5(3)6/h1-2H3,(H2,6,7). The first-order chi connectivity index (χ1) is 4.13. The van der Waals surface area contributed by atoms with Crippen LogP contribution >= 0.6 is 0 Å². The molecule has 1 atom stereocenters. The van der Waals surface area contributed by atoms with E-state index in [1.54, 1.807) is 6.92 Å². The lowest BCUT2D eigenvalue weighted by Crippen LogP contribution is -2.09. The lowest BCUT2D eigenvalue weighted by atomic mass is 10.3. The molecule has 4 heteroatoms. The van der Waals surface area contributed by atoms with E-state index in [2.05, 4.69) is 4.40 Å². The van der Waals surface area contributed by atoms with Gasteiger partial charge in [0.05, 0.1) is 0 Å². The molecule has 0 spiro atoms. The highest BCUT2D eigenvalue weighted by atomic mass is 32.2. The summed E-state index contributed by atoms with van der Waals surface area (Å²) in [5.74, 6) is 0.408. The molecule has 1 heterocycles. The summed E-state index contributed by atoms with van der Waals surface area (Å²) >= 11 is 0. The lowest BCUT2D eigenvalue weighted by molar-refractivity contribution is 0.688. The minimum atomic E-state index is -1.19. The Morgan fingerprint density at radius 2 is 2.11 bits per heavy atom. The van der Waals surface area contributed by atoms with E-state index in [1.807, 2.05) is 6.92 Å². The molecule has 0 aliphatic carbocycles. The van der Waals surface area contributed by atoms with Crippen LogP contribution in [0.4, 0.5) is 0 Å². The van der Waals surface area contributed by atoms with Crippen molar-refractivity contribution in [2.45, 2.75) is 13.8 Å². The quantitative estimate of drug-likeness (QED) is 0.532. The summed E-state index contributed by atoms with van der Waals surface area (Å²) < 4.78 is 14.4. The van der Waals surface area contributed by atoms with Crippen molar-refractivity contribution in [1.82, 2.24) is 0 Å². The number of nitrogens with two attached hydrogens (primary N) is 1. The number of hydrogen-bond donors (Lipinski definition) is 1.